The number of amides is 1. The first-order valence-electron chi connectivity index (χ1n) is 8.65. The Hall–Kier alpha value is -2.69. The minimum absolute atomic E-state index is 0.0393. The number of nitrogens with zero attached hydrogens (tertiary/aromatic N) is 2. The second kappa shape index (κ2) is 7.47. The van der Waals surface area contributed by atoms with Gasteiger partial charge in [-0.3, -0.25) is 4.79 Å². The van der Waals surface area contributed by atoms with Gasteiger partial charge in [0.25, 0.3) is 5.91 Å². The summed E-state index contributed by atoms with van der Waals surface area (Å²) in [6.45, 7) is 2.32. The van der Waals surface area contributed by atoms with E-state index in [1.807, 2.05) is 23.1 Å². The number of aromatic carboxylic acids is 1. The molecular formula is C20H22N2O3. The Morgan fingerprint density at radius 2 is 1.84 bits per heavy atom. The zero-order chi connectivity index (χ0) is 17.8. The number of carboxylic acid groups (broad SMARTS) is 1. The van der Waals surface area contributed by atoms with Gasteiger partial charge in [0.1, 0.15) is 5.69 Å². The number of hydrogen-bond donors (Lipinski definition) is 1. The first-order valence-corrected chi connectivity index (χ1v) is 8.65. The van der Waals surface area contributed by atoms with E-state index in [4.69, 9.17) is 5.11 Å². The Morgan fingerprint density at radius 3 is 2.52 bits per heavy atom. The molecule has 25 heavy (non-hydrogen) atoms. The Morgan fingerprint density at radius 1 is 1.08 bits per heavy atom. The monoisotopic (exact) mass is 338 g/mol. The van der Waals surface area contributed by atoms with E-state index in [2.05, 4.69) is 17.1 Å². The molecule has 2 aromatic rings. The SMILES string of the molecule is Cc1nc(C(=O)N2CCCCCC2c2ccccc2)ccc1C(=O)O. The Balaban J connectivity index is 1.92. The molecule has 5 nitrogen and oxygen atoms in total. The molecule has 1 saturated heterocycles. The summed E-state index contributed by atoms with van der Waals surface area (Å²) < 4.78 is 0. The van der Waals surface area contributed by atoms with E-state index in [9.17, 15) is 9.59 Å². The van der Waals surface area contributed by atoms with E-state index >= 15 is 0 Å². The quantitative estimate of drug-likeness (QED) is 0.923. The van der Waals surface area contributed by atoms with Crippen LogP contribution in [0.1, 0.15) is 63.8 Å². The molecule has 0 saturated carbocycles. The number of pyridine rings is 1. The highest BCUT2D eigenvalue weighted by molar-refractivity contribution is 5.94. The Kier molecular flexibility index (Phi) is 5.12. The zero-order valence-corrected chi connectivity index (χ0v) is 14.3. The van der Waals surface area contributed by atoms with E-state index in [0.717, 1.165) is 31.2 Å². The summed E-state index contributed by atoms with van der Waals surface area (Å²) in [4.78, 5) is 30.4. The first kappa shape index (κ1) is 17.1. The van der Waals surface area contributed by atoms with Gasteiger partial charge in [0.2, 0.25) is 0 Å². The van der Waals surface area contributed by atoms with Crippen molar-refractivity contribution in [3.8, 4) is 0 Å². The summed E-state index contributed by atoms with van der Waals surface area (Å²) >= 11 is 0. The molecule has 3 rings (SSSR count). The number of carboxylic acids is 1. The fourth-order valence-electron chi connectivity index (χ4n) is 3.43. The van der Waals surface area contributed by atoms with Crippen molar-refractivity contribution >= 4 is 11.9 Å². The molecule has 0 spiro atoms. The molecule has 0 radical (unpaired) electrons. The van der Waals surface area contributed by atoms with Crippen LogP contribution >= 0.6 is 0 Å². The lowest BCUT2D eigenvalue weighted by molar-refractivity contribution is 0.0666. The Bertz CT molecular complexity index is 774. The number of aryl methyl sites for hydroxylation is 1. The predicted molar refractivity (Wildman–Crippen MR) is 94.6 cm³/mol. The number of aromatic nitrogens is 1. The van der Waals surface area contributed by atoms with E-state index in [-0.39, 0.29) is 17.5 Å². The van der Waals surface area contributed by atoms with Crippen LogP contribution in [-0.2, 0) is 0 Å². The highest BCUT2D eigenvalue weighted by atomic mass is 16.4. The van der Waals surface area contributed by atoms with Crippen molar-refractivity contribution in [3.05, 3.63) is 65.0 Å². The number of hydrogen-bond acceptors (Lipinski definition) is 3. The third-order valence-electron chi connectivity index (χ3n) is 4.73. The van der Waals surface area contributed by atoms with E-state index in [1.54, 1.807) is 6.92 Å². The molecule has 130 valence electrons. The maximum Gasteiger partial charge on any atom is 0.337 e. The molecule has 1 unspecified atom stereocenters. The smallest absolute Gasteiger partial charge is 0.337 e. The zero-order valence-electron chi connectivity index (χ0n) is 14.3. The number of benzene rings is 1. The van der Waals surface area contributed by atoms with E-state index < -0.39 is 5.97 Å². The van der Waals surface area contributed by atoms with Crippen molar-refractivity contribution < 1.29 is 14.7 Å². The number of rotatable bonds is 3. The minimum Gasteiger partial charge on any atom is -0.478 e. The van der Waals surface area contributed by atoms with Crippen LogP contribution < -0.4 is 0 Å². The molecule has 1 aromatic heterocycles. The van der Waals surface area contributed by atoms with E-state index in [0.29, 0.717) is 17.9 Å². The number of carbonyl (C=O) groups excluding carboxylic acids is 1. The standard InChI is InChI=1S/C20H22N2O3/c1-14-16(20(24)25)11-12-17(21-14)19(23)22-13-7-3-6-10-18(22)15-8-4-2-5-9-15/h2,4-5,8-9,11-12,18H,3,6-7,10,13H2,1H3,(H,24,25). The van der Waals surface area contributed by atoms with Gasteiger partial charge in [-0.25, -0.2) is 9.78 Å². The van der Waals surface area contributed by atoms with Crippen LogP contribution in [-0.4, -0.2) is 33.4 Å². The average molecular weight is 338 g/mol. The molecule has 1 aliphatic rings. The maximum absolute atomic E-state index is 13.1. The third kappa shape index (κ3) is 3.71. The van der Waals surface area contributed by atoms with Crippen LogP contribution in [0.4, 0.5) is 0 Å². The lowest BCUT2D eigenvalue weighted by Crippen LogP contribution is -2.35. The second-order valence-electron chi connectivity index (χ2n) is 6.41. The third-order valence-corrected chi connectivity index (χ3v) is 4.73. The van der Waals surface area contributed by atoms with Crippen molar-refractivity contribution in [2.75, 3.05) is 6.54 Å². The van der Waals surface area contributed by atoms with Crippen molar-refractivity contribution in [2.24, 2.45) is 0 Å². The van der Waals surface area contributed by atoms with Crippen molar-refractivity contribution in [3.63, 3.8) is 0 Å². The van der Waals surface area contributed by atoms with Crippen molar-refractivity contribution in [2.45, 2.75) is 38.6 Å². The van der Waals surface area contributed by atoms with Gasteiger partial charge in [-0.2, -0.15) is 0 Å². The first-order chi connectivity index (χ1) is 12.1. The Labute approximate surface area is 147 Å². The summed E-state index contributed by atoms with van der Waals surface area (Å²) in [7, 11) is 0. The molecule has 0 bridgehead atoms. The predicted octanol–water partition coefficient (Wildman–Crippen LogP) is 3.85. The van der Waals surface area contributed by atoms with Crippen LogP contribution in [0.3, 0.4) is 0 Å². The highest BCUT2D eigenvalue weighted by Gasteiger charge is 2.28. The van der Waals surface area contributed by atoms with Crippen LogP contribution in [0.5, 0.6) is 0 Å². The lowest BCUT2D eigenvalue weighted by Gasteiger charge is -2.30. The summed E-state index contributed by atoms with van der Waals surface area (Å²) in [6.07, 6.45) is 4.11. The van der Waals surface area contributed by atoms with Crippen LogP contribution in [0.25, 0.3) is 0 Å². The van der Waals surface area contributed by atoms with Crippen LogP contribution in [0.2, 0.25) is 0 Å². The number of carbonyl (C=O) groups is 2. The summed E-state index contributed by atoms with van der Waals surface area (Å²) in [5.41, 5.74) is 1.94. The van der Waals surface area contributed by atoms with Crippen molar-refractivity contribution in [1.82, 2.24) is 9.88 Å². The van der Waals surface area contributed by atoms with Crippen LogP contribution in [0, 0.1) is 6.92 Å². The summed E-state index contributed by atoms with van der Waals surface area (Å²) in [5.74, 6) is -1.16. The normalized spacial score (nSPS) is 17.8. The fourth-order valence-corrected chi connectivity index (χ4v) is 3.43. The summed E-state index contributed by atoms with van der Waals surface area (Å²) in [5, 5.41) is 9.14. The molecule has 1 aromatic carbocycles. The molecular weight excluding hydrogens is 316 g/mol. The van der Waals surface area contributed by atoms with Gasteiger partial charge in [0.15, 0.2) is 0 Å². The van der Waals surface area contributed by atoms with Crippen molar-refractivity contribution in [1.29, 1.82) is 0 Å². The largest absolute Gasteiger partial charge is 0.478 e. The van der Waals surface area contributed by atoms with E-state index in [1.165, 1.54) is 12.1 Å². The molecule has 5 heteroatoms. The van der Waals surface area contributed by atoms with Gasteiger partial charge in [0, 0.05) is 6.54 Å². The average Bonchev–Trinajstić information content (AvgIpc) is 2.87. The van der Waals surface area contributed by atoms with Gasteiger partial charge in [-0.1, -0.05) is 43.2 Å². The number of likely N-dealkylation sites (tertiary alicyclic amines) is 1. The molecule has 1 atom stereocenters. The second-order valence-corrected chi connectivity index (χ2v) is 6.41. The molecule has 1 aliphatic heterocycles. The molecule has 1 N–H and O–H groups in total. The molecule has 1 amide bonds. The van der Waals surface area contributed by atoms with Gasteiger partial charge in [-0.05, 0) is 37.5 Å². The molecule has 2 heterocycles. The van der Waals surface area contributed by atoms with Gasteiger partial charge in [0.05, 0.1) is 17.3 Å². The summed E-state index contributed by atoms with van der Waals surface area (Å²) in [6, 6.07) is 13.1. The highest BCUT2D eigenvalue weighted by Crippen LogP contribution is 2.31. The fraction of sp³-hybridized carbons (Fsp3) is 0.350. The maximum atomic E-state index is 13.1. The van der Waals surface area contributed by atoms with Gasteiger partial charge < -0.3 is 10.0 Å². The van der Waals surface area contributed by atoms with Gasteiger partial charge >= 0.3 is 5.97 Å². The van der Waals surface area contributed by atoms with Gasteiger partial charge in [-0.15, -0.1) is 0 Å². The van der Waals surface area contributed by atoms with Crippen LogP contribution in [0.15, 0.2) is 42.5 Å². The topological polar surface area (TPSA) is 70.5 Å². The molecule has 0 aliphatic carbocycles. The lowest BCUT2D eigenvalue weighted by atomic mass is 10.0. The molecule has 1 fully saturated rings. The minimum atomic E-state index is -1.03.